The second kappa shape index (κ2) is 5.10. The smallest absolute Gasteiger partial charge is 0.382 e. The molecule has 19 heavy (non-hydrogen) atoms. The molecule has 0 aliphatic heterocycles. The molecule has 1 aromatic rings. The van der Waals surface area contributed by atoms with Crippen molar-refractivity contribution in [1.29, 1.82) is 5.26 Å². The average Bonchev–Trinajstić information content (AvgIpc) is 2.32. The first-order chi connectivity index (χ1) is 8.94. The first-order valence-corrected chi connectivity index (χ1v) is 5.84. The standard InChI is InChI=1S/C13H13F3N2O/c1-19-11-4-10(5-11)18-9-3-2-8(7-17)12(6-9)13(14,15)16/h2-3,6,10-11,18H,4-5H2,1H3. The first kappa shape index (κ1) is 13.7. The van der Waals surface area contributed by atoms with E-state index in [1.807, 2.05) is 0 Å². The van der Waals surface area contributed by atoms with Gasteiger partial charge in [-0.15, -0.1) is 0 Å². The summed E-state index contributed by atoms with van der Waals surface area (Å²) >= 11 is 0. The lowest BCUT2D eigenvalue weighted by molar-refractivity contribution is -0.137. The largest absolute Gasteiger partial charge is 0.417 e. The van der Waals surface area contributed by atoms with Crippen molar-refractivity contribution in [3.63, 3.8) is 0 Å². The van der Waals surface area contributed by atoms with Gasteiger partial charge in [-0.2, -0.15) is 18.4 Å². The van der Waals surface area contributed by atoms with Crippen LogP contribution in [0.3, 0.4) is 0 Å². The fraction of sp³-hybridized carbons (Fsp3) is 0.462. The minimum Gasteiger partial charge on any atom is -0.382 e. The molecule has 0 radical (unpaired) electrons. The van der Waals surface area contributed by atoms with Gasteiger partial charge in [-0.1, -0.05) is 0 Å². The average molecular weight is 270 g/mol. The van der Waals surface area contributed by atoms with Crippen molar-refractivity contribution in [3.05, 3.63) is 29.3 Å². The second-order valence-electron chi connectivity index (χ2n) is 4.54. The fourth-order valence-corrected chi connectivity index (χ4v) is 2.08. The molecule has 0 atom stereocenters. The molecule has 0 amide bonds. The minimum absolute atomic E-state index is 0.124. The SMILES string of the molecule is COC1CC(Nc2ccc(C#N)c(C(F)(F)F)c2)C1. The Hall–Kier alpha value is -1.74. The number of alkyl halides is 3. The van der Waals surface area contributed by atoms with E-state index in [2.05, 4.69) is 5.32 Å². The van der Waals surface area contributed by atoms with E-state index in [1.165, 1.54) is 12.1 Å². The zero-order chi connectivity index (χ0) is 14.0. The van der Waals surface area contributed by atoms with Crippen molar-refractivity contribution in [1.82, 2.24) is 0 Å². The molecule has 0 unspecified atom stereocenters. The van der Waals surface area contributed by atoms with E-state index in [9.17, 15) is 13.2 Å². The topological polar surface area (TPSA) is 45.0 Å². The molecule has 6 heteroatoms. The Morgan fingerprint density at radius 2 is 2.05 bits per heavy atom. The third-order valence-corrected chi connectivity index (χ3v) is 3.24. The zero-order valence-electron chi connectivity index (χ0n) is 10.3. The number of rotatable bonds is 3. The maximum absolute atomic E-state index is 12.8. The number of nitrogens with one attached hydrogen (secondary N) is 1. The number of ether oxygens (including phenoxy) is 1. The highest BCUT2D eigenvalue weighted by atomic mass is 19.4. The van der Waals surface area contributed by atoms with Crippen LogP contribution in [-0.4, -0.2) is 19.3 Å². The summed E-state index contributed by atoms with van der Waals surface area (Å²) in [6.07, 6.45) is -2.79. The predicted molar refractivity (Wildman–Crippen MR) is 63.6 cm³/mol. The molecule has 3 nitrogen and oxygen atoms in total. The summed E-state index contributed by atoms with van der Waals surface area (Å²) in [6.45, 7) is 0. The number of methoxy groups -OCH3 is 1. The van der Waals surface area contributed by atoms with Crippen molar-refractivity contribution in [2.75, 3.05) is 12.4 Å². The molecule has 0 saturated heterocycles. The van der Waals surface area contributed by atoms with E-state index in [0.29, 0.717) is 5.69 Å². The van der Waals surface area contributed by atoms with Crippen LogP contribution in [0.15, 0.2) is 18.2 Å². The molecule has 1 N–H and O–H groups in total. The van der Waals surface area contributed by atoms with Crippen molar-refractivity contribution in [2.45, 2.75) is 31.2 Å². The summed E-state index contributed by atoms with van der Waals surface area (Å²) < 4.78 is 43.4. The Bertz CT molecular complexity index is 502. The molecule has 102 valence electrons. The Morgan fingerprint density at radius 3 is 2.58 bits per heavy atom. The molecule has 1 saturated carbocycles. The summed E-state index contributed by atoms with van der Waals surface area (Å²) in [4.78, 5) is 0. The van der Waals surface area contributed by atoms with Gasteiger partial charge >= 0.3 is 6.18 Å². The summed E-state index contributed by atoms with van der Waals surface area (Å²) in [5.41, 5.74) is -0.880. The fourth-order valence-electron chi connectivity index (χ4n) is 2.08. The quantitative estimate of drug-likeness (QED) is 0.917. The molecule has 2 rings (SSSR count). The summed E-state index contributed by atoms with van der Waals surface area (Å²) in [5, 5.41) is 11.7. The zero-order valence-corrected chi connectivity index (χ0v) is 10.3. The minimum atomic E-state index is -4.52. The van der Waals surface area contributed by atoms with Crippen LogP contribution in [0.25, 0.3) is 0 Å². The second-order valence-corrected chi connectivity index (χ2v) is 4.54. The monoisotopic (exact) mass is 270 g/mol. The molecule has 1 fully saturated rings. The van der Waals surface area contributed by atoms with Gasteiger partial charge in [0.1, 0.15) is 0 Å². The normalized spacial score (nSPS) is 22.5. The van der Waals surface area contributed by atoms with Crippen LogP contribution in [-0.2, 0) is 10.9 Å². The highest BCUT2D eigenvalue weighted by Gasteiger charge is 2.34. The van der Waals surface area contributed by atoms with Crippen LogP contribution in [0, 0.1) is 11.3 Å². The lowest BCUT2D eigenvalue weighted by Crippen LogP contribution is -2.40. The number of nitrogens with zero attached hydrogens (tertiary/aromatic N) is 1. The number of hydrogen-bond donors (Lipinski definition) is 1. The number of anilines is 1. The van der Waals surface area contributed by atoms with Crippen LogP contribution in [0.1, 0.15) is 24.0 Å². The highest BCUT2D eigenvalue weighted by molar-refractivity contribution is 5.53. The predicted octanol–water partition coefficient (Wildman–Crippen LogP) is 3.17. The van der Waals surface area contributed by atoms with Crippen molar-refractivity contribution < 1.29 is 17.9 Å². The van der Waals surface area contributed by atoms with E-state index in [-0.39, 0.29) is 17.7 Å². The van der Waals surface area contributed by atoms with Gasteiger partial charge in [-0.25, -0.2) is 0 Å². The van der Waals surface area contributed by atoms with Gasteiger partial charge in [0.2, 0.25) is 0 Å². The van der Waals surface area contributed by atoms with Gasteiger partial charge in [0.15, 0.2) is 0 Å². The van der Waals surface area contributed by atoms with E-state index < -0.39 is 11.7 Å². The Labute approximate surface area is 109 Å². The molecule has 1 aliphatic rings. The first-order valence-electron chi connectivity index (χ1n) is 5.84. The maximum Gasteiger partial charge on any atom is 0.417 e. The molecule has 0 aromatic heterocycles. The Morgan fingerprint density at radius 1 is 1.37 bits per heavy atom. The molecular formula is C13H13F3N2O. The lowest BCUT2D eigenvalue weighted by Gasteiger charge is -2.35. The van der Waals surface area contributed by atoms with Crippen molar-refractivity contribution >= 4 is 5.69 Å². The van der Waals surface area contributed by atoms with Gasteiger partial charge < -0.3 is 10.1 Å². The number of nitriles is 1. The Kier molecular flexibility index (Phi) is 3.67. The third-order valence-electron chi connectivity index (χ3n) is 3.24. The Balaban J connectivity index is 2.13. The number of benzene rings is 1. The molecule has 0 spiro atoms. The van der Waals surface area contributed by atoms with E-state index >= 15 is 0 Å². The van der Waals surface area contributed by atoms with E-state index in [0.717, 1.165) is 18.9 Å². The van der Waals surface area contributed by atoms with Crippen molar-refractivity contribution in [2.24, 2.45) is 0 Å². The summed E-state index contributed by atoms with van der Waals surface area (Å²) in [6, 6.07) is 5.35. The van der Waals surface area contributed by atoms with Crippen LogP contribution in [0.2, 0.25) is 0 Å². The van der Waals surface area contributed by atoms with E-state index in [4.69, 9.17) is 10.00 Å². The lowest BCUT2D eigenvalue weighted by atomic mass is 9.89. The number of halogens is 3. The third kappa shape index (κ3) is 2.99. The molecule has 1 aromatic carbocycles. The molecule has 1 aliphatic carbocycles. The van der Waals surface area contributed by atoms with E-state index in [1.54, 1.807) is 13.2 Å². The van der Waals surface area contributed by atoms with Gasteiger partial charge in [-0.3, -0.25) is 0 Å². The van der Waals surface area contributed by atoms with Gasteiger partial charge in [0.05, 0.1) is 23.3 Å². The van der Waals surface area contributed by atoms with Gasteiger partial charge in [0.25, 0.3) is 0 Å². The van der Waals surface area contributed by atoms with Crippen LogP contribution < -0.4 is 5.32 Å². The van der Waals surface area contributed by atoms with Crippen LogP contribution >= 0.6 is 0 Å². The van der Waals surface area contributed by atoms with Crippen molar-refractivity contribution in [3.8, 4) is 6.07 Å². The van der Waals surface area contributed by atoms with Crippen LogP contribution in [0.5, 0.6) is 0 Å². The molecule has 0 bridgehead atoms. The summed E-state index contributed by atoms with van der Waals surface area (Å²) in [7, 11) is 1.62. The van der Waals surface area contributed by atoms with Gasteiger partial charge in [-0.05, 0) is 31.0 Å². The maximum atomic E-state index is 12.8. The van der Waals surface area contributed by atoms with Crippen LogP contribution in [0.4, 0.5) is 18.9 Å². The van der Waals surface area contributed by atoms with Gasteiger partial charge in [0, 0.05) is 18.8 Å². The number of hydrogen-bond acceptors (Lipinski definition) is 3. The summed E-state index contributed by atoms with van der Waals surface area (Å²) in [5.74, 6) is 0. The molecular weight excluding hydrogens is 257 g/mol. The molecule has 0 heterocycles. The highest BCUT2D eigenvalue weighted by Crippen LogP contribution is 2.34.